The molecule has 0 saturated heterocycles. The summed E-state index contributed by atoms with van der Waals surface area (Å²) in [6.45, 7) is 0.777. The van der Waals surface area contributed by atoms with Gasteiger partial charge in [-0.2, -0.15) is 8.42 Å². The van der Waals surface area contributed by atoms with Gasteiger partial charge in [0.15, 0.2) is 5.65 Å². The maximum Gasteiger partial charge on any atom is 0.261 e. The van der Waals surface area contributed by atoms with Crippen LogP contribution in [-0.4, -0.2) is 43.7 Å². The third kappa shape index (κ3) is 5.55. The average Bonchev–Trinajstić information content (AvgIpc) is 3.49. The highest BCUT2D eigenvalue weighted by atomic mass is 32.2. The van der Waals surface area contributed by atoms with Crippen LogP contribution in [0.25, 0.3) is 45.2 Å². The molecule has 4 N–H and O–H groups in total. The Kier molecular flexibility index (Phi) is 6.67. The number of aromatic nitrogens is 5. The molecule has 1 aliphatic rings. The second kappa shape index (κ2) is 9.95. The van der Waals surface area contributed by atoms with E-state index < -0.39 is 21.8 Å². The molecule has 2 aromatic carbocycles. The molecule has 0 bridgehead atoms. The van der Waals surface area contributed by atoms with Crippen molar-refractivity contribution in [2.45, 2.75) is 19.4 Å². The summed E-state index contributed by atoms with van der Waals surface area (Å²) in [5.74, 6) is -0.240. The number of aromatic amines is 1. The first-order chi connectivity index (χ1) is 18.1. The summed E-state index contributed by atoms with van der Waals surface area (Å²) in [6, 6.07) is 16.9. The lowest BCUT2D eigenvalue weighted by atomic mass is 10.1. The molecule has 0 spiro atoms. The van der Waals surface area contributed by atoms with Crippen molar-refractivity contribution in [3.05, 3.63) is 72.3 Å². The van der Waals surface area contributed by atoms with Crippen molar-refractivity contribution in [3.8, 4) is 34.0 Å². The first-order valence-corrected chi connectivity index (χ1v) is 13.6. The molecule has 0 amide bonds. The number of hydrogen-bond donors (Lipinski definition) is 3. The van der Waals surface area contributed by atoms with E-state index in [9.17, 15) is 17.2 Å². The molecule has 0 aliphatic heterocycles. The van der Waals surface area contributed by atoms with Gasteiger partial charge in [-0.3, -0.25) is 9.12 Å². The predicted octanol–water partition coefficient (Wildman–Crippen LogP) is 4.93. The number of fused-ring (bicyclic) bond motifs is 1. The normalized spacial score (nSPS) is 13.4. The number of nitrogen functional groups attached to an aromatic ring is 1. The Morgan fingerprint density at radius 1 is 1.00 bits per heavy atom. The number of imidazole rings is 2. The van der Waals surface area contributed by atoms with Crippen LogP contribution in [0.4, 0.5) is 14.7 Å². The number of anilines is 1. The highest BCUT2D eigenvalue weighted by molar-refractivity contribution is 7.85. The Morgan fingerprint density at radius 2 is 1.66 bits per heavy atom. The lowest BCUT2D eigenvalue weighted by Gasteiger charge is -2.06. The number of H-pyrrole nitrogens is 1. The number of pyridine rings is 1. The number of rotatable bonds is 5. The van der Waals surface area contributed by atoms with Gasteiger partial charge in [-0.25, -0.2) is 23.7 Å². The van der Waals surface area contributed by atoms with Gasteiger partial charge in [0, 0.05) is 12.1 Å². The minimum absolute atomic E-state index is 0.104. The molecule has 196 valence electrons. The van der Waals surface area contributed by atoms with Gasteiger partial charge in [0.05, 0.1) is 28.9 Å². The van der Waals surface area contributed by atoms with Gasteiger partial charge < -0.3 is 10.7 Å². The zero-order valence-corrected chi connectivity index (χ0v) is 21.1. The maximum atomic E-state index is 14.5. The molecule has 9 nitrogen and oxygen atoms in total. The third-order valence-electron chi connectivity index (χ3n) is 5.97. The number of benzene rings is 2. The van der Waals surface area contributed by atoms with Crippen molar-refractivity contribution >= 4 is 27.2 Å². The standard InChI is InChI=1S/C25H20F2N6.CH4O3S/c26-16-7-4-8-17(27)20(16)23-31-21(15-5-2-1-3-6-15)22(32-23)18-11-12-19-24(29-18)33(25(28)30-19)13-14-9-10-14;1-5(2,3)4/h1-8,11-12,14H,9-10,13H2,(H2,28,30)(H,31,32);1H3,(H,2,3,4). The molecular weight excluding hydrogens is 514 g/mol. The average molecular weight is 539 g/mol. The Labute approximate surface area is 217 Å². The lowest BCUT2D eigenvalue weighted by Crippen LogP contribution is -2.05. The van der Waals surface area contributed by atoms with Gasteiger partial charge in [-0.05, 0) is 43.0 Å². The first-order valence-electron chi connectivity index (χ1n) is 11.7. The van der Waals surface area contributed by atoms with Crippen LogP contribution in [0.1, 0.15) is 12.8 Å². The first kappa shape index (κ1) is 25.5. The van der Waals surface area contributed by atoms with Gasteiger partial charge >= 0.3 is 0 Å². The van der Waals surface area contributed by atoms with Crippen LogP contribution in [0.15, 0.2) is 60.7 Å². The van der Waals surface area contributed by atoms with Crippen molar-refractivity contribution < 1.29 is 21.8 Å². The van der Waals surface area contributed by atoms with Crippen LogP contribution in [0.2, 0.25) is 0 Å². The van der Waals surface area contributed by atoms with E-state index in [-0.39, 0.29) is 11.4 Å². The minimum Gasteiger partial charge on any atom is -0.369 e. The Morgan fingerprint density at radius 3 is 2.29 bits per heavy atom. The van der Waals surface area contributed by atoms with E-state index in [1.54, 1.807) is 0 Å². The molecule has 12 heteroatoms. The highest BCUT2D eigenvalue weighted by Crippen LogP contribution is 2.36. The monoisotopic (exact) mass is 538 g/mol. The summed E-state index contributed by atoms with van der Waals surface area (Å²) in [5, 5.41) is 0. The Hall–Kier alpha value is -4.16. The van der Waals surface area contributed by atoms with E-state index in [1.807, 2.05) is 47.0 Å². The maximum absolute atomic E-state index is 14.5. The summed E-state index contributed by atoms with van der Waals surface area (Å²) in [4.78, 5) is 17.0. The van der Waals surface area contributed by atoms with Gasteiger partial charge in [0.2, 0.25) is 5.95 Å². The van der Waals surface area contributed by atoms with Crippen LogP contribution in [0, 0.1) is 17.6 Å². The van der Waals surface area contributed by atoms with E-state index >= 15 is 0 Å². The van der Waals surface area contributed by atoms with Crippen LogP contribution in [0.5, 0.6) is 0 Å². The van der Waals surface area contributed by atoms with Crippen LogP contribution < -0.4 is 5.73 Å². The smallest absolute Gasteiger partial charge is 0.261 e. The number of nitrogens with two attached hydrogens (primary N) is 1. The summed E-state index contributed by atoms with van der Waals surface area (Å²) in [5.41, 5.74) is 9.87. The molecule has 1 aliphatic carbocycles. The second-order valence-corrected chi connectivity index (χ2v) is 10.5. The van der Waals surface area contributed by atoms with Crippen molar-refractivity contribution in [1.29, 1.82) is 0 Å². The molecule has 0 unspecified atom stereocenters. The number of nitrogens with zero attached hydrogens (tertiary/aromatic N) is 4. The van der Waals surface area contributed by atoms with E-state index in [1.165, 1.54) is 31.0 Å². The molecule has 6 rings (SSSR count). The molecule has 3 heterocycles. The molecule has 3 aromatic heterocycles. The Balaban J connectivity index is 0.000000540. The fourth-order valence-electron chi connectivity index (χ4n) is 4.10. The summed E-state index contributed by atoms with van der Waals surface area (Å²) >= 11 is 0. The fourth-order valence-corrected chi connectivity index (χ4v) is 4.10. The fraction of sp³-hybridized carbons (Fsp3) is 0.192. The number of hydrogen-bond acceptors (Lipinski definition) is 6. The van der Waals surface area contributed by atoms with Gasteiger partial charge in [0.1, 0.15) is 23.0 Å². The number of nitrogens with one attached hydrogen (secondary N) is 1. The zero-order valence-electron chi connectivity index (χ0n) is 20.3. The van der Waals surface area contributed by atoms with Crippen molar-refractivity contribution in [3.63, 3.8) is 0 Å². The minimum atomic E-state index is -3.67. The third-order valence-corrected chi connectivity index (χ3v) is 5.97. The highest BCUT2D eigenvalue weighted by Gasteiger charge is 2.25. The molecule has 1 fully saturated rings. The van der Waals surface area contributed by atoms with E-state index in [0.29, 0.717) is 46.4 Å². The second-order valence-electron chi connectivity index (χ2n) is 9.07. The van der Waals surface area contributed by atoms with Crippen molar-refractivity contribution in [2.75, 3.05) is 12.0 Å². The topological polar surface area (TPSA) is 140 Å². The number of halogens is 2. The Bertz CT molecular complexity index is 1700. The molecule has 5 aromatic rings. The van der Waals surface area contributed by atoms with Crippen LogP contribution in [0.3, 0.4) is 0 Å². The lowest BCUT2D eigenvalue weighted by molar-refractivity contribution is 0.490. The molecule has 38 heavy (non-hydrogen) atoms. The largest absolute Gasteiger partial charge is 0.369 e. The molecule has 1 saturated carbocycles. The molecule has 0 radical (unpaired) electrons. The van der Waals surface area contributed by atoms with Crippen LogP contribution in [-0.2, 0) is 16.7 Å². The SMILES string of the molecule is CS(=O)(=O)O.Nc1nc2ccc(-c3[nH]c(-c4c(F)cccc4F)nc3-c3ccccc3)nc2n1CC1CC1. The van der Waals surface area contributed by atoms with E-state index in [2.05, 4.69) is 15.0 Å². The predicted molar refractivity (Wildman–Crippen MR) is 141 cm³/mol. The molecule has 0 atom stereocenters. The van der Waals surface area contributed by atoms with E-state index in [0.717, 1.165) is 12.1 Å². The molecular formula is C26H24F2N6O3S. The zero-order chi connectivity index (χ0) is 27.0. The van der Waals surface area contributed by atoms with Crippen molar-refractivity contribution in [1.82, 2.24) is 24.5 Å². The van der Waals surface area contributed by atoms with Gasteiger partial charge in [-0.1, -0.05) is 36.4 Å². The van der Waals surface area contributed by atoms with Crippen LogP contribution >= 0.6 is 0 Å². The van der Waals surface area contributed by atoms with Gasteiger partial charge in [0.25, 0.3) is 10.1 Å². The quantitative estimate of drug-likeness (QED) is 0.270. The summed E-state index contributed by atoms with van der Waals surface area (Å²) < 4.78 is 56.9. The summed E-state index contributed by atoms with van der Waals surface area (Å²) in [7, 11) is -3.67. The summed E-state index contributed by atoms with van der Waals surface area (Å²) in [6.07, 6.45) is 3.07. The van der Waals surface area contributed by atoms with E-state index in [4.69, 9.17) is 15.3 Å². The van der Waals surface area contributed by atoms with Gasteiger partial charge in [-0.15, -0.1) is 0 Å². The van der Waals surface area contributed by atoms with Crippen molar-refractivity contribution in [2.24, 2.45) is 5.92 Å².